The number of hydrogen-bond donors (Lipinski definition) is 0. The van der Waals surface area contributed by atoms with Crippen molar-refractivity contribution < 1.29 is 18.3 Å². The number of ether oxygens (including phenoxy) is 1. The van der Waals surface area contributed by atoms with Gasteiger partial charge in [0, 0.05) is 34.9 Å². The van der Waals surface area contributed by atoms with Crippen molar-refractivity contribution in [3.05, 3.63) is 35.4 Å². The van der Waals surface area contributed by atoms with Crippen LogP contribution in [0.3, 0.4) is 0 Å². The molecule has 0 saturated heterocycles. The van der Waals surface area contributed by atoms with E-state index in [-0.39, 0.29) is 12.1 Å². The smallest absolute Gasteiger partial charge is 0.159 e. The monoisotopic (exact) mass is 431 g/mol. The Morgan fingerprint density at radius 3 is 2.29 bits per heavy atom. The first-order chi connectivity index (χ1) is 9.73. The average molecular weight is 431 g/mol. The number of carbonyl (C=O) groups excluding carboxylic acids is 1. The Kier molecular flexibility index (Phi) is 10.3. The highest BCUT2D eigenvalue weighted by Gasteiger charge is 2.07. The van der Waals surface area contributed by atoms with Crippen LogP contribution in [0.15, 0.2) is 18.2 Å². The highest BCUT2D eigenvalue weighted by molar-refractivity contribution is 14.2. The molecule has 0 bridgehead atoms. The summed E-state index contributed by atoms with van der Waals surface area (Å²) in [5.74, 6) is -1.72. The van der Waals surface area contributed by atoms with Crippen molar-refractivity contribution in [2.24, 2.45) is 0 Å². The van der Waals surface area contributed by atoms with Gasteiger partial charge in [-0.25, -0.2) is 13.1 Å². The maximum absolute atomic E-state index is 12.8. The fraction of sp³-hybridized carbons (Fsp3) is 0.500. The molecule has 0 aromatic heterocycles. The lowest BCUT2D eigenvalue weighted by molar-refractivity contribution is -0.108. The minimum absolute atomic E-state index is 0.0417. The first kappa shape index (κ1) is 20.8. The third-order valence-corrected chi connectivity index (χ3v) is 4.48. The molecule has 7 heteroatoms. The number of carbonyl (C=O) groups is 1. The van der Waals surface area contributed by atoms with Gasteiger partial charge in [-0.2, -0.15) is 0 Å². The van der Waals surface area contributed by atoms with Gasteiger partial charge in [-0.3, -0.25) is 0 Å². The second-order valence-corrected chi connectivity index (χ2v) is 6.96. The first-order valence-corrected chi connectivity index (χ1v) is 9.51. The second kappa shape index (κ2) is 10.5. The summed E-state index contributed by atoms with van der Waals surface area (Å²) >= 11 is 2.03. The molecule has 3 nitrogen and oxygen atoms in total. The number of methoxy groups -OCH3 is 1. The van der Waals surface area contributed by atoms with Crippen LogP contribution >= 0.6 is 30.3 Å². The summed E-state index contributed by atoms with van der Waals surface area (Å²) in [6, 6.07) is 3.73. The third kappa shape index (κ3) is 10.2. The predicted octanol–water partition coefficient (Wildman–Crippen LogP) is 4.40. The molecule has 0 heterocycles. The van der Waals surface area contributed by atoms with Gasteiger partial charge in [-0.05, 0) is 47.6 Å². The van der Waals surface area contributed by atoms with Gasteiger partial charge in [-0.1, -0.05) is 6.07 Å². The number of hydrogen-bond acceptors (Lipinski definition) is 4. The van der Waals surface area contributed by atoms with Crippen LogP contribution < -0.4 is 0 Å². The number of aldehydes is 1. The fourth-order valence-electron chi connectivity index (χ4n) is 1.04. The van der Waals surface area contributed by atoms with Crippen LogP contribution in [0, 0.1) is 11.6 Å². The molecule has 0 aliphatic rings. The van der Waals surface area contributed by atoms with E-state index >= 15 is 0 Å². The van der Waals surface area contributed by atoms with Gasteiger partial charge in [0.15, 0.2) is 11.6 Å². The van der Waals surface area contributed by atoms with E-state index in [9.17, 15) is 13.6 Å². The molecular weight excluding hydrogens is 411 g/mol. The van der Waals surface area contributed by atoms with E-state index in [1.165, 1.54) is 15.2 Å². The van der Waals surface area contributed by atoms with Crippen LogP contribution in [-0.4, -0.2) is 29.8 Å². The zero-order valence-corrected chi connectivity index (χ0v) is 15.5. The number of nitrogens with zero attached hydrogens (tertiary/aromatic N) is 1. The minimum atomic E-state index is -0.864. The lowest BCUT2D eigenvalue weighted by Gasteiger charge is -2.14. The Morgan fingerprint density at radius 2 is 1.90 bits per heavy atom. The summed E-state index contributed by atoms with van der Waals surface area (Å²) in [4.78, 5) is 10.3. The average Bonchev–Trinajstić information content (AvgIpc) is 2.42. The summed E-state index contributed by atoms with van der Waals surface area (Å²) in [7, 11) is 3.06. The molecule has 0 amide bonds. The molecular formula is C14H20F2INO2S. The van der Waals surface area contributed by atoms with Crippen molar-refractivity contribution in [2.75, 3.05) is 13.7 Å². The van der Waals surface area contributed by atoms with Crippen molar-refractivity contribution in [1.29, 1.82) is 0 Å². The van der Waals surface area contributed by atoms with Crippen LogP contribution in [0.1, 0.15) is 26.3 Å². The number of rotatable bonds is 5. The van der Waals surface area contributed by atoms with Gasteiger partial charge in [0.05, 0.1) is 12.1 Å². The maximum atomic E-state index is 12.8. The standard InChI is InChI=1S/C9H8F2INOS.C5H12O/c10-8-2-1-7(5-9(8)11)6-13(15-12)3-4-14;1-5(2,3)6-4/h1-2,4-5H,3,6H2;1-4H3. The Morgan fingerprint density at radius 1 is 1.33 bits per heavy atom. The summed E-state index contributed by atoms with van der Waals surface area (Å²) in [6.07, 6.45) is 0.769. The zero-order valence-electron chi connectivity index (χ0n) is 12.5. The van der Waals surface area contributed by atoms with Gasteiger partial charge in [0.1, 0.15) is 6.29 Å². The predicted molar refractivity (Wildman–Crippen MR) is 91.2 cm³/mol. The van der Waals surface area contributed by atoms with Crippen LogP contribution in [0.4, 0.5) is 8.78 Å². The zero-order chi connectivity index (χ0) is 16.5. The fourth-order valence-corrected chi connectivity index (χ4v) is 2.26. The van der Waals surface area contributed by atoms with E-state index in [1.54, 1.807) is 11.4 Å². The van der Waals surface area contributed by atoms with Crippen molar-refractivity contribution >= 4 is 36.6 Å². The van der Waals surface area contributed by atoms with Crippen molar-refractivity contribution in [1.82, 2.24) is 4.31 Å². The Balaban J connectivity index is 0.000000567. The van der Waals surface area contributed by atoms with E-state index in [2.05, 4.69) is 0 Å². The molecule has 0 aliphatic heterocycles. The van der Waals surface area contributed by atoms with Crippen molar-refractivity contribution in [3.8, 4) is 0 Å². The van der Waals surface area contributed by atoms with Crippen LogP contribution in [-0.2, 0) is 16.1 Å². The Bertz CT molecular complexity index is 441. The molecule has 1 aromatic rings. The quantitative estimate of drug-likeness (QED) is 0.393. The van der Waals surface area contributed by atoms with Gasteiger partial charge in [-0.15, -0.1) is 0 Å². The van der Waals surface area contributed by atoms with E-state index in [4.69, 9.17) is 4.74 Å². The Labute approximate surface area is 141 Å². The van der Waals surface area contributed by atoms with Crippen LogP contribution in [0.5, 0.6) is 0 Å². The molecule has 0 atom stereocenters. The number of benzene rings is 1. The SMILES string of the molecule is COC(C)(C)C.O=CCN(Cc1ccc(F)c(F)c1)SI. The molecule has 1 rings (SSSR count). The topological polar surface area (TPSA) is 29.5 Å². The van der Waals surface area contributed by atoms with Gasteiger partial charge < -0.3 is 9.53 Å². The molecule has 0 spiro atoms. The largest absolute Gasteiger partial charge is 0.379 e. The normalized spacial score (nSPS) is 11.0. The summed E-state index contributed by atoms with van der Waals surface area (Å²) in [5, 5.41) is 0. The van der Waals surface area contributed by atoms with Crippen molar-refractivity contribution in [2.45, 2.75) is 32.9 Å². The summed E-state index contributed by atoms with van der Waals surface area (Å²) in [5.41, 5.74) is 0.680. The summed E-state index contributed by atoms with van der Waals surface area (Å²) in [6.45, 7) is 6.73. The van der Waals surface area contributed by atoms with E-state index in [0.717, 1.165) is 18.4 Å². The maximum Gasteiger partial charge on any atom is 0.159 e. The van der Waals surface area contributed by atoms with E-state index in [1.807, 2.05) is 42.0 Å². The van der Waals surface area contributed by atoms with Gasteiger partial charge >= 0.3 is 0 Å². The highest BCUT2D eigenvalue weighted by Crippen LogP contribution is 2.21. The van der Waals surface area contributed by atoms with Crippen LogP contribution in [0.25, 0.3) is 0 Å². The lowest BCUT2D eigenvalue weighted by atomic mass is 10.2. The molecule has 21 heavy (non-hydrogen) atoms. The molecule has 0 unspecified atom stereocenters. The number of halogens is 3. The lowest BCUT2D eigenvalue weighted by Crippen LogP contribution is -2.16. The molecule has 120 valence electrons. The molecule has 0 radical (unpaired) electrons. The third-order valence-electron chi connectivity index (χ3n) is 2.33. The first-order valence-electron chi connectivity index (χ1n) is 6.20. The minimum Gasteiger partial charge on any atom is -0.379 e. The van der Waals surface area contributed by atoms with E-state index < -0.39 is 11.6 Å². The summed E-state index contributed by atoms with van der Waals surface area (Å²) < 4.78 is 32.1. The molecule has 0 saturated carbocycles. The van der Waals surface area contributed by atoms with E-state index in [0.29, 0.717) is 12.1 Å². The van der Waals surface area contributed by atoms with Crippen molar-refractivity contribution in [3.63, 3.8) is 0 Å². The van der Waals surface area contributed by atoms with Crippen LogP contribution in [0.2, 0.25) is 0 Å². The molecule has 0 aliphatic carbocycles. The molecule has 0 N–H and O–H groups in total. The molecule has 0 fully saturated rings. The van der Waals surface area contributed by atoms with Gasteiger partial charge in [0.2, 0.25) is 0 Å². The van der Waals surface area contributed by atoms with Gasteiger partial charge in [0.25, 0.3) is 0 Å². The Hall–Kier alpha value is -0.250. The highest BCUT2D eigenvalue weighted by atomic mass is 127. The second-order valence-electron chi connectivity index (χ2n) is 5.12. The molecule has 1 aromatic carbocycles.